The molecule has 1 N–H and O–H groups in total. The van der Waals surface area contributed by atoms with E-state index in [9.17, 15) is 18.0 Å². The third-order valence-electron chi connectivity index (χ3n) is 3.94. The minimum absolute atomic E-state index is 0.00945. The summed E-state index contributed by atoms with van der Waals surface area (Å²) in [5.74, 6) is -0.246. The van der Waals surface area contributed by atoms with Crippen LogP contribution in [0.5, 0.6) is 0 Å². The van der Waals surface area contributed by atoms with Crippen molar-refractivity contribution in [3.8, 4) is 0 Å². The second-order valence-electron chi connectivity index (χ2n) is 5.82. The molecule has 1 atom stereocenters. The van der Waals surface area contributed by atoms with Crippen LogP contribution in [-0.2, 0) is 22.3 Å². The van der Waals surface area contributed by atoms with Gasteiger partial charge in [0.25, 0.3) is 0 Å². The third kappa shape index (κ3) is 3.60. The molecule has 0 aromatic carbocycles. The van der Waals surface area contributed by atoms with E-state index in [0.29, 0.717) is 18.8 Å². The van der Waals surface area contributed by atoms with Crippen LogP contribution in [0.25, 0.3) is 0 Å². The van der Waals surface area contributed by atoms with Gasteiger partial charge in [0.2, 0.25) is 5.91 Å². The number of carbonyl (C=O) groups is 1. The Bertz CT molecular complexity index is 546. The minimum Gasteiger partial charge on any atom is -0.376 e. The van der Waals surface area contributed by atoms with Crippen molar-refractivity contribution in [3.63, 3.8) is 0 Å². The number of nitrogens with zero attached hydrogens (tertiary/aromatic N) is 2. The highest BCUT2D eigenvalue weighted by Gasteiger charge is 2.38. The maximum absolute atomic E-state index is 12.8. The van der Waals surface area contributed by atoms with Gasteiger partial charge in [-0.3, -0.25) is 9.48 Å². The zero-order valence-corrected chi connectivity index (χ0v) is 12.0. The molecule has 1 aromatic rings. The van der Waals surface area contributed by atoms with Gasteiger partial charge in [-0.15, -0.1) is 0 Å². The molecule has 2 aliphatic rings. The SMILES string of the molecule is O=C(Cn1nc(C(F)(F)F)cc1C1CC1)NC[C@H]1CCCO1. The molecule has 1 aliphatic heterocycles. The first-order valence-corrected chi connectivity index (χ1v) is 7.47. The number of nitrogens with one attached hydrogen (secondary N) is 1. The van der Waals surface area contributed by atoms with Crippen molar-refractivity contribution in [2.75, 3.05) is 13.2 Å². The van der Waals surface area contributed by atoms with Crippen LogP contribution in [0.2, 0.25) is 0 Å². The summed E-state index contributed by atoms with van der Waals surface area (Å²) in [4.78, 5) is 11.9. The highest BCUT2D eigenvalue weighted by atomic mass is 19.4. The van der Waals surface area contributed by atoms with E-state index in [2.05, 4.69) is 10.4 Å². The van der Waals surface area contributed by atoms with Crippen molar-refractivity contribution >= 4 is 5.91 Å². The molecule has 0 spiro atoms. The van der Waals surface area contributed by atoms with Gasteiger partial charge in [0.1, 0.15) is 6.54 Å². The fraction of sp³-hybridized carbons (Fsp3) is 0.714. The molecule has 0 bridgehead atoms. The number of carbonyl (C=O) groups excluding carboxylic acids is 1. The summed E-state index contributed by atoms with van der Waals surface area (Å²) in [6, 6.07) is 1.06. The number of halogens is 3. The Hall–Kier alpha value is -1.57. The van der Waals surface area contributed by atoms with Crippen molar-refractivity contribution in [2.24, 2.45) is 0 Å². The van der Waals surface area contributed by atoms with Crippen LogP contribution < -0.4 is 5.32 Å². The molecule has 8 heteroatoms. The molecule has 1 saturated carbocycles. The Balaban J connectivity index is 1.63. The number of rotatable bonds is 5. The smallest absolute Gasteiger partial charge is 0.376 e. The topological polar surface area (TPSA) is 56.2 Å². The molecule has 1 aliphatic carbocycles. The average molecular weight is 317 g/mol. The highest BCUT2D eigenvalue weighted by Crippen LogP contribution is 2.42. The number of hydrogen-bond acceptors (Lipinski definition) is 3. The number of ether oxygens (including phenoxy) is 1. The maximum Gasteiger partial charge on any atom is 0.435 e. The largest absolute Gasteiger partial charge is 0.435 e. The molecule has 122 valence electrons. The zero-order chi connectivity index (χ0) is 15.7. The molecule has 5 nitrogen and oxygen atoms in total. The van der Waals surface area contributed by atoms with E-state index in [1.165, 1.54) is 4.68 Å². The molecule has 2 fully saturated rings. The lowest BCUT2D eigenvalue weighted by Gasteiger charge is -2.11. The van der Waals surface area contributed by atoms with Gasteiger partial charge in [0, 0.05) is 24.8 Å². The van der Waals surface area contributed by atoms with E-state index < -0.39 is 11.9 Å². The van der Waals surface area contributed by atoms with Gasteiger partial charge >= 0.3 is 6.18 Å². The van der Waals surface area contributed by atoms with Crippen LogP contribution in [0.1, 0.15) is 43.0 Å². The Labute approximate surface area is 125 Å². The molecular weight excluding hydrogens is 299 g/mol. The number of hydrogen-bond donors (Lipinski definition) is 1. The number of amides is 1. The first-order valence-electron chi connectivity index (χ1n) is 7.47. The van der Waals surface area contributed by atoms with Crippen LogP contribution in [0, 0.1) is 0 Å². The predicted octanol–water partition coefficient (Wildman–Crippen LogP) is 2.07. The zero-order valence-electron chi connectivity index (χ0n) is 12.0. The number of aromatic nitrogens is 2. The van der Waals surface area contributed by atoms with Gasteiger partial charge in [0.15, 0.2) is 5.69 Å². The van der Waals surface area contributed by atoms with Crippen molar-refractivity contribution < 1.29 is 22.7 Å². The van der Waals surface area contributed by atoms with Crippen LogP contribution in [0.3, 0.4) is 0 Å². The van der Waals surface area contributed by atoms with Crippen molar-refractivity contribution in [2.45, 2.75) is 50.4 Å². The van der Waals surface area contributed by atoms with Gasteiger partial charge in [-0.1, -0.05) is 0 Å². The van der Waals surface area contributed by atoms with Crippen LogP contribution in [0.15, 0.2) is 6.07 Å². The van der Waals surface area contributed by atoms with E-state index in [4.69, 9.17) is 4.74 Å². The molecule has 3 rings (SSSR count). The number of alkyl halides is 3. The second-order valence-corrected chi connectivity index (χ2v) is 5.82. The van der Waals surface area contributed by atoms with Crippen LogP contribution >= 0.6 is 0 Å². The van der Waals surface area contributed by atoms with Gasteiger partial charge in [-0.25, -0.2) is 0 Å². The molecule has 1 aromatic heterocycles. The summed E-state index contributed by atoms with van der Waals surface area (Å²) in [6.45, 7) is 0.903. The Kier molecular flexibility index (Phi) is 4.12. The van der Waals surface area contributed by atoms with Crippen molar-refractivity contribution in [1.29, 1.82) is 0 Å². The summed E-state index contributed by atoms with van der Waals surface area (Å²) < 4.78 is 44.9. The van der Waals surface area contributed by atoms with E-state index >= 15 is 0 Å². The van der Waals surface area contributed by atoms with Gasteiger partial charge < -0.3 is 10.1 Å². The summed E-state index contributed by atoms with van der Waals surface area (Å²) in [5.41, 5.74) is -0.430. The van der Waals surface area contributed by atoms with E-state index in [1.807, 2.05) is 0 Å². The fourth-order valence-corrected chi connectivity index (χ4v) is 2.63. The van der Waals surface area contributed by atoms with Gasteiger partial charge in [0.05, 0.1) is 6.10 Å². The molecule has 22 heavy (non-hydrogen) atoms. The highest BCUT2D eigenvalue weighted by molar-refractivity contribution is 5.75. The van der Waals surface area contributed by atoms with Gasteiger partial charge in [-0.05, 0) is 31.7 Å². The standard InChI is InChI=1S/C14H18F3N3O2/c15-14(16,17)12-6-11(9-3-4-9)20(19-12)8-13(21)18-7-10-2-1-5-22-10/h6,9-10H,1-5,7-8H2,(H,18,21)/t10-/m1/s1. The minimum atomic E-state index is -4.48. The van der Waals surface area contributed by atoms with E-state index in [1.54, 1.807) is 0 Å². The quantitative estimate of drug-likeness (QED) is 0.904. The predicted molar refractivity (Wildman–Crippen MR) is 71.2 cm³/mol. The third-order valence-corrected chi connectivity index (χ3v) is 3.94. The normalized spacial score (nSPS) is 22.0. The lowest BCUT2D eigenvalue weighted by molar-refractivity contribution is -0.141. The average Bonchev–Trinajstić information content (AvgIpc) is 2.99. The molecule has 0 unspecified atom stereocenters. The van der Waals surface area contributed by atoms with Crippen LogP contribution in [0.4, 0.5) is 13.2 Å². The fourth-order valence-electron chi connectivity index (χ4n) is 2.63. The molecule has 1 amide bonds. The summed E-state index contributed by atoms with van der Waals surface area (Å²) in [5, 5.41) is 6.26. The van der Waals surface area contributed by atoms with E-state index in [-0.39, 0.29) is 24.5 Å². The molecule has 1 saturated heterocycles. The van der Waals surface area contributed by atoms with Gasteiger partial charge in [-0.2, -0.15) is 18.3 Å². The molecule has 0 radical (unpaired) electrons. The first kappa shape index (κ1) is 15.3. The Morgan fingerprint density at radius 2 is 2.18 bits per heavy atom. The summed E-state index contributed by atoms with van der Waals surface area (Å²) in [7, 11) is 0. The second kappa shape index (κ2) is 5.91. The maximum atomic E-state index is 12.8. The monoisotopic (exact) mass is 317 g/mol. The van der Waals surface area contributed by atoms with E-state index in [0.717, 1.165) is 31.7 Å². The van der Waals surface area contributed by atoms with Crippen molar-refractivity contribution in [1.82, 2.24) is 15.1 Å². The lowest BCUT2D eigenvalue weighted by atomic mass is 10.2. The lowest BCUT2D eigenvalue weighted by Crippen LogP contribution is -2.34. The Morgan fingerprint density at radius 3 is 2.77 bits per heavy atom. The summed E-state index contributed by atoms with van der Waals surface area (Å²) >= 11 is 0. The Morgan fingerprint density at radius 1 is 1.41 bits per heavy atom. The van der Waals surface area contributed by atoms with Crippen LogP contribution in [-0.4, -0.2) is 34.9 Å². The molecular formula is C14H18F3N3O2. The van der Waals surface area contributed by atoms with Crippen molar-refractivity contribution in [3.05, 3.63) is 17.5 Å². The summed E-state index contributed by atoms with van der Waals surface area (Å²) in [6.07, 6.45) is -0.909. The first-order chi connectivity index (χ1) is 10.4. The molecule has 2 heterocycles.